The highest BCUT2D eigenvalue weighted by Gasteiger charge is 2.16. The van der Waals surface area contributed by atoms with Crippen LogP contribution in [0.5, 0.6) is 0 Å². The molecule has 1 heteroatoms. The van der Waals surface area contributed by atoms with Crippen molar-refractivity contribution in [2.45, 2.75) is 34.6 Å². The third-order valence-corrected chi connectivity index (χ3v) is 8.66. The second-order valence-electron chi connectivity index (χ2n) is 11.8. The zero-order chi connectivity index (χ0) is 29.0. The van der Waals surface area contributed by atoms with Gasteiger partial charge < -0.3 is 4.57 Å². The Morgan fingerprint density at radius 3 is 1.60 bits per heavy atom. The van der Waals surface area contributed by atoms with Crippen LogP contribution in [0, 0.1) is 34.6 Å². The van der Waals surface area contributed by atoms with Crippen molar-refractivity contribution in [2.75, 3.05) is 0 Å². The fourth-order valence-corrected chi connectivity index (χ4v) is 6.83. The minimum Gasteiger partial charge on any atom is -0.309 e. The van der Waals surface area contributed by atoms with Gasteiger partial charge in [-0.25, -0.2) is 0 Å². The molecule has 0 aliphatic carbocycles. The van der Waals surface area contributed by atoms with Crippen molar-refractivity contribution in [1.29, 1.82) is 0 Å². The van der Waals surface area contributed by atoms with Gasteiger partial charge in [0.15, 0.2) is 0 Å². The number of benzene rings is 6. The van der Waals surface area contributed by atoms with E-state index in [0.717, 1.165) is 0 Å². The lowest BCUT2D eigenvalue weighted by Crippen LogP contribution is -1.95. The summed E-state index contributed by atoms with van der Waals surface area (Å²) in [5.41, 5.74) is 17.7. The van der Waals surface area contributed by atoms with Crippen LogP contribution in [0.15, 0.2) is 121 Å². The molecule has 0 fully saturated rings. The Morgan fingerprint density at radius 2 is 0.952 bits per heavy atom. The second kappa shape index (κ2) is 10.2. The van der Waals surface area contributed by atoms with Crippen LogP contribution >= 0.6 is 0 Å². The van der Waals surface area contributed by atoms with Crippen molar-refractivity contribution >= 4 is 21.8 Å². The van der Waals surface area contributed by atoms with E-state index in [1.54, 1.807) is 0 Å². The zero-order valence-corrected chi connectivity index (χ0v) is 25.0. The maximum Gasteiger partial charge on any atom is 0.0547 e. The third-order valence-electron chi connectivity index (χ3n) is 8.66. The molecule has 7 aromatic rings. The molecule has 1 aromatic heterocycles. The van der Waals surface area contributed by atoms with Crippen molar-refractivity contribution in [3.8, 4) is 39.1 Å². The number of hydrogen-bond donors (Lipinski definition) is 0. The summed E-state index contributed by atoms with van der Waals surface area (Å²) >= 11 is 0. The first-order chi connectivity index (χ1) is 20.4. The molecule has 0 unspecified atom stereocenters. The quantitative estimate of drug-likeness (QED) is 0.209. The first kappa shape index (κ1) is 26.0. The van der Waals surface area contributed by atoms with E-state index in [0.29, 0.717) is 0 Å². The molecule has 0 aliphatic heterocycles. The first-order valence-electron chi connectivity index (χ1n) is 14.8. The van der Waals surface area contributed by atoms with Gasteiger partial charge in [0.05, 0.1) is 11.0 Å². The van der Waals surface area contributed by atoms with Crippen LogP contribution in [0.3, 0.4) is 0 Å². The molecule has 0 aliphatic rings. The first-order valence-corrected chi connectivity index (χ1v) is 14.8. The lowest BCUT2D eigenvalue weighted by molar-refractivity contribution is 1.18. The highest BCUT2D eigenvalue weighted by molar-refractivity contribution is 6.11. The van der Waals surface area contributed by atoms with Gasteiger partial charge in [-0.1, -0.05) is 108 Å². The fourth-order valence-electron chi connectivity index (χ4n) is 6.83. The van der Waals surface area contributed by atoms with Crippen LogP contribution in [0.4, 0.5) is 0 Å². The van der Waals surface area contributed by atoms with Gasteiger partial charge in [-0.3, -0.25) is 0 Å². The average Bonchev–Trinajstić information content (AvgIpc) is 3.30. The topological polar surface area (TPSA) is 4.93 Å². The highest BCUT2D eigenvalue weighted by atomic mass is 15.0. The standard InChI is InChI=1S/C41H35N/c1-26-11-18-36(28(3)21-26)33-14-19-37-38-20-15-34(41-29(4)22-27(2)23-30(41)5)25-40(38)42(39(37)24-33)35-16-12-32(13-17-35)31-9-7-6-8-10-31/h6-25H,1-5H3. The molecule has 0 saturated carbocycles. The highest BCUT2D eigenvalue weighted by Crippen LogP contribution is 2.39. The molecular formula is C41H35N. The molecule has 0 spiro atoms. The number of fused-ring (bicyclic) bond motifs is 3. The van der Waals surface area contributed by atoms with Crippen LogP contribution in [-0.2, 0) is 0 Å². The smallest absolute Gasteiger partial charge is 0.0547 e. The van der Waals surface area contributed by atoms with E-state index >= 15 is 0 Å². The number of nitrogens with zero attached hydrogens (tertiary/aromatic N) is 1. The molecular weight excluding hydrogens is 506 g/mol. The summed E-state index contributed by atoms with van der Waals surface area (Å²) in [6.45, 7) is 11.0. The summed E-state index contributed by atoms with van der Waals surface area (Å²) in [7, 11) is 0. The number of aromatic nitrogens is 1. The van der Waals surface area contributed by atoms with E-state index in [1.807, 2.05) is 0 Å². The van der Waals surface area contributed by atoms with Gasteiger partial charge in [-0.15, -0.1) is 0 Å². The molecule has 0 atom stereocenters. The summed E-state index contributed by atoms with van der Waals surface area (Å²) in [5, 5.41) is 2.55. The lowest BCUT2D eigenvalue weighted by Gasteiger charge is -2.14. The van der Waals surface area contributed by atoms with E-state index in [4.69, 9.17) is 0 Å². The molecule has 0 saturated heterocycles. The van der Waals surface area contributed by atoms with Gasteiger partial charge >= 0.3 is 0 Å². The van der Waals surface area contributed by atoms with E-state index < -0.39 is 0 Å². The maximum atomic E-state index is 2.45. The molecule has 0 amide bonds. The van der Waals surface area contributed by atoms with Gasteiger partial charge in [0.1, 0.15) is 0 Å². The number of aryl methyl sites for hydroxylation is 5. The predicted molar refractivity (Wildman–Crippen MR) is 181 cm³/mol. The van der Waals surface area contributed by atoms with Crippen molar-refractivity contribution < 1.29 is 0 Å². The molecule has 0 N–H and O–H groups in total. The van der Waals surface area contributed by atoms with Gasteiger partial charge in [0, 0.05) is 16.5 Å². The number of rotatable bonds is 4. The molecule has 0 bridgehead atoms. The van der Waals surface area contributed by atoms with Crippen molar-refractivity contribution in [3.63, 3.8) is 0 Å². The van der Waals surface area contributed by atoms with Gasteiger partial charge in [0.25, 0.3) is 0 Å². The Kier molecular flexibility index (Phi) is 6.32. The summed E-state index contributed by atoms with van der Waals surface area (Å²) in [5.74, 6) is 0. The second-order valence-corrected chi connectivity index (χ2v) is 11.8. The van der Waals surface area contributed by atoms with Gasteiger partial charge in [-0.2, -0.15) is 0 Å². The molecule has 42 heavy (non-hydrogen) atoms. The third kappa shape index (κ3) is 4.43. The van der Waals surface area contributed by atoms with Crippen LogP contribution in [0.1, 0.15) is 27.8 Å². The molecule has 1 nitrogen and oxygen atoms in total. The Hall–Kier alpha value is -4.88. The summed E-state index contributed by atoms with van der Waals surface area (Å²) in [6, 6.07) is 44.9. The van der Waals surface area contributed by atoms with Crippen LogP contribution < -0.4 is 0 Å². The maximum absolute atomic E-state index is 2.45. The lowest BCUT2D eigenvalue weighted by atomic mass is 9.93. The van der Waals surface area contributed by atoms with Gasteiger partial charge in [0.2, 0.25) is 0 Å². The summed E-state index contributed by atoms with van der Waals surface area (Å²) < 4.78 is 2.45. The van der Waals surface area contributed by atoms with E-state index in [-0.39, 0.29) is 0 Å². The van der Waals surface area contributed by atoms with Crippen LogP contribution in [0.25, 0.3) is 60.9 Å². The summed E-state index contributed by atoms with van der Waals surface area (Å²) in [6.07, 6.45) is 0. The Morgan fingerprint density at radius 1 is 0.405 bits per heavy atom. The molecule has 7 rings (SSSR count). The zero-order valence-electron chi connectivity index (χ0n) is 25.0. The van der Waals surface area contributed by atoms with Crippen molar-refractivity contribution in [1.82, 2.24) is 4.57 Å². The molecule has 0 radical (unpaired) electrons. The normalized spacial score (nSPS) is 11.5. The largest absolute Gasteiger partial charge is 0.309 e. The molecule has 204 valence electrons. The Bertz CT molecular complexity index is 2080. The minimum atomic E-state index is 1.17. The fraction of sp³-hybridized carbons (Fsp3) is 0.122. The Labute approximate surface area is 248 Å². The number of hydrogen-bond acceptors (Lipinski definition) is 0. The SMILES string of the molecule is Cc1ccc(-c2ccc3c4ccc(-c5c(C)cc(C)cc5C)cc4n(-c4ccc(-c5ccccc5)cc4)c3c2)c(C)c1. The molecule has 6 aromatic carbocycles. The van der Waals surface area contributed by atoms with Crippen LogP contribution in [-0.4, -0.2) is 4.57 Å². The van der Waals surface area contributed by atoms with E-state index in [2.05, 4.69) is 161 Å². The van der Waals surface area contributed by atoms with Crippen molar-refractivity contribution in [2.24, 2.45) is 0 Å². The van der Waals surface area contributed by atoms with Crippen molar-refractivity contribution in [3.05, 3.63) is 149 Å². The summed E-state index contributed by atoms with van der Waals surface area (Å²) in [4.78, 5) is 0. The van der Waals surface area contributed by atoms with Crippen LogP contribution in [0.2, 0.25) is 0 Å². The predicted octanol–water partition coefficient (Wildman–Crippen LogP) is 11.3. The van der Waals surface area contributed by atoms with E-state index in [9.17, 15) is 0 Å². The Balaban J connectivity index is 1.49. The molecule has 1 heterocycles. The average molecular weight is 542 g/mol. The van der Waals surface area contributed by atoms with Gasteiger partial charge in [-0.05, 0) is 109 Å². The van der Waals surface area contributed by atoms with E-state index in [1.165, 1.54) is 88.7 Å². The monoisotopic (exact) mass is 541 g/mol. The minimum absolute atomic E-state index is 1.17.